The summed E-state index contributed by atoms with van der Waals surface area (Å²) >= 11 is 0. The second kappa shape index (κ2) is 4.57. The number of anilines is 1. The molecule has 5 N–H and O–H groups in total. The maximum atomic E-state index is 5.64. The van der Waals surface area contributed by atoms with Crippen molar-refractivity contribution in [1.29, 1.82) is 0 Å². The number of nitrogens with zero attached hydrogens (tertiary/aromatic N) is 2. The van der Waals surface area contributed by atoms with E-state index in [4.69, 9.17) is 5.73 Å². The molecule has 90 valence electrons. The molecule has 0 aliphatic carbocycles. The molecule has 0 bridgehead atoms. The zero-order valence-electron chi connectivity index (χ0n) is 9.24. The molecular weight excluding hydrogens is 240 g/mol. The maximum Gasteiger partial charge on any atom is 0.286 e. The van der Waals surface area contributed by atoms with Gasteiger partial charge in [-0.1, -0.05) is 0 Å². The summed E-state index contributed by atoms with van der Waals surface area (Å²) in [4.78, 5) is 7.46. The van der Waals surface area contributed by atoms with Crippen LogP contribution in [0.15, 0.2) is 30.5 Å². The van der Waals surface area contributed by atoms with E-state index in [1.165, 1.54) is 5.56 Å². The molecule has 3 aromatic rings. The van der Waals surface area contributed by atoms with Crippen LogP contribution in [0.2, 0.25) is 0 Å². The Labute approximate surface area is 104 Å². The molecule has 0 aromatic carbocycles. The Morgan fingerprint density at radius 3 is 2.76 bits per heavy atom. The molecule has 0 radical (unpaired) electrons. The predicted octanol–water partition coefficient (Wildman–Crippen LogP) is -2.63. The summed E-state index contributed by atoms with van der Waals surface area (Å²) in [5.74, 6) is 0.534. The molecule has 0 aliphatic heterocycles. The Balaban J connectivity index is 0.000000722. The minimum absolute atomic E-state index is 0. The van der Waals surface area contributed by atoms with Gasteiger partial charge >= 0.3 is 0 Å². The minimum Gasteiger partial charge on any atom is -1.00 e. The Hall–Kier alpha value is -1.85. The van der Waals surface area contributed by atoms with Crippen LogP contribution in [0.3, 0.4) is 0 Å². The van der Waals surface area contributed by atoms with Crippen LogP contribution in [-0.4, -0.2) is 15.4 Å². The van der Waals surface area contributed by atoms with Crippen molar-refractivity contribution in [3.05, 3.63) is 36.0 Å². The van der Waals surface area contributed by atoms with Crippen LogP contribution in [0.1, 0.15) is 5.56 Å². The standard InChI is InChI=1S/C11H10N4.ClH.H2O/c1-7-2-5-10-14-11-8(15(10)6-7)3-4-9(12)13-11;;/h2-6H,1H3,(H2,12,13);1H;1H2. The SMILES string of the molecule is Cc1ccc2[nH]c3nc(N)ccc3[n+]2c1.O.[Cl-]. The van der Waals surface area contributed by atoms with E-state index in [2.05, 4.69) is 33.6 Å². The smallest absolute Gasteiger partial charge is 0.286 e. The summed E-state index contributed by atoms with van der Waals surface area (Å²) in [6.45, 7) is 2.07. The van der Waals surface area contributed by atoms with Crippen molar-refractivity contribution >= 4 is 22.6 Å². The van der Waals surface area contributed by atoms with Crippen molar-refractivity contribution in [1.82, 2.24) is 9.97 Å². The van der Waals surface area contributed by atoms with Crippen molar-refractivity contribution in [2.75, 3.05) is 5.73 Å². The maximum absolute atomic E-state index is 5.64. The molecule has 5 nitrogen and oxygen atoms in total. The van der Waals surface area contributed by atoms with Gasteiger partial charge in [0.15, 0.2) is 5.52 Å². The number of hydrogen-bond donors (Lipinski definition) is 2. The van der Waals surface area contributed by atoms with Gasteiger partial charge in [-0.25, -0.2) is 4.98 Å². The summed E-state index contributed by atoms with van der Waals surface area (Å²) in [5.41, 5.74) is 9.73. The van der Waals surface area contributed by atoms with Crippen LogP contribution in [-0.2, 0) is 0 Å². The third-order valence-electron chi connectivity index (χ3n) is 2.50. The molecule has 3 heterocycles. The number of aromatic nitrogens is 3. The number of pyridine rings is 2. The van der Waals surface area contributed by atoms with Gasteiger partial charge in [0.2, 0.25) is 0 Å². The molecule has 0 unspecified atom stereocenters. The van der Waals surface area contributed by atoms with E-state index in [-0.39, 0.29) is 17.9 Å². The highest BCUT2D eigenvalue weighted by atomic mass is 35.5. The van der Waals surface area contributed by atoms with Gasteiger partial charge in [0, 0.05) is 6.07 Å². The fourth-order valence-corrected chi connectivity index (χ4v) is 1.78. The fourth-order valence-electron chi connectivity index (χ4n) is 1.78. The average Bonchev–Trinajstić information content (AvgIpc) is 2.54. The van der Waals surface area contributed by atoms with Crippen molar-refractivity contribution < 1.29 is 22.3 Å². The van der Waals surface area contributed by atoms with Gasteiger partial charge in [-0.15, -0.1) is 0 Å². The van der Waals surface area contributed by atoms with Gasteiger partial charge in [0.05, 0.1) is 6.20 Å². The average molecular weight is 253 g/mol. The highest BCUT2D eigenvalue weighted by molar-refractivity contribution is 5.71. The molecule has 6 heteroatoms. The van der Waals surface area contributed by atoms with E-state index in [1.54, 1.807) is 0 Å². The summed E-state index contributed by atoms with van der Waals surface area (Å²) in [6, 6.07) is 7.88. The molecule has 0 atom stereocenters. The summed E-state index contributed by atoms with van der Waals surface area (Å²) in [5, 5.41) is 0. The van der Waals surface area contributed by atoms with Gasteiger partial charge in [0.1, 0.15) is 5.82 Å². The molecule has 17 heavy (non-hydrogen) atoms. The van der Waals surface area contributed by atoms with Crippen molar-refractivity contribution in [2.24, 2.45) is 0 Å². The van der Waals surface area contributed by atoms with E-state index in [0.717, 1.165) is 16.8 Å². The van der Waals surface area contributed by atoms with Crippen LogP contribution >= 0.6 is 0 Å². The first-order valence-corrected chi connectivity index (χ1v) is 4.80. The number of halogens is 1. The van der Waals surface area contributed by atoms with Crippen molar-refractivity contribution in [3.8, 4) is 0 Å². The Morgan fingerprint density at radius 2 is 2.00 bits per heavy atom. The topological polar surface area (TPSA) is 90.3 Å². The van der Waals surface area contributed by atoms with E-state index in [0.29, 0.717) is 5.82 Å². The molecule has 0 fully saturated rings. The molecular formula is C11H13ClN4O. The lowest BCUT2D eigenvalue weighted by atomic mass is 10.3. The normalized spacial score (nSPS) is 9.94. The lowest BCUT2D eigenvalue weighted by Gasteiger charge is -1.90. The highest BCUT2D eigenvalue weighted by Crippen LogP contribution is 2.10. The second-order valence-corrected chi connectivity index (χ2v) is 3.69. The van der Waals surface area contributed by atoms with Crippen molar-refractivity contribution in [2.45, 2.75) is 6.92 Å². The molecule has 0 aliphatic rings. The van der Waals surface area contributed by atoms with Gasteiger partial charge in [-0.2, -0.15) is 9.38 Å². The number of aryl methyl sites for hydroxylation is 1. The number of fused-ring (bicyclic) bond motifs is 3. The highest BCUT2D eigenvalue weighted by Gasteiger charge is 2.12. The summed E-state index contributed by atoms with van der Waals surface area (Å²) in [7, 11) is 0. The lowest BCUT2D eigenvalue weighted by molar-refractivity contribution is -0.481. The van der Waals surface area contributed by atoms with E-state index in [9.17, 15) is 0 Å². The molecule has 3 rings (SSSR count). The lowest BCUT2D eigenvalue weighted by Crippen LogP contribution is -3.00. The van der Waals surface area contributed by atoms with Crippen LogP contribution in [0, 0.1) is 6.92 Å². The minimum atomic E-state index is 0. The number of nitrogens with one attached hydrogen (secondary N) is 1. The first-order chi connectivity index (χ1) is 7.24. The monoisotopic (exact) mass is 252 g/mol. The molecule has 0 amide bonds. The largest absolute Gasteiger partial charge is 1.00 e. The first-order valence-electron chi connectivity index (χ1n) is 4.80. The third kappa shape index (κ3) is 2.02. The Morgan fingerprint density at radius 1 is 1.24 bits per heavy atom. The van der Waals surface area contributed by atoms with Crippen LogP contribution in [0.25, 0.3) is 16.8 Å². The first kappa shape index (κ1) is 13.2. The second-order valence-electron chi connectivity index (χ2n) is 3.69. The molecule has 3 aromatic heterocycles. The van der Waals surface area contributed by atoms with Gasteiger partial charge in [-0.05, 0) is 30.7 Å². The Bertz CT molecular complexity index is 665. The number of rotatable bonds is 0. The zero-order chi connectivity index (χ0) is 10.4. The van der Waals surface area contributed by atoms with Crippen molar-refractivity contribution in [3.63, 3.8) is 0 Å². The quantitative estimate of drug-likeness (QED) is 0.429. The number of nitrogen functional groups attached to an aromatic ring is 1. The fraction of sp³-hybridized carbons (Fsp3) is 0.0909. The summed E-state index contributed by atoms with van der Waals surface area (Å²) < 4.78 is 2.08. The zero-order valence-corrected chi connectivity index (χ0v) is 9.99. The number of H-pyrrole nitrogens is 1. The van der Waals surface area contributed by atoms with Gasteiger partial charge < -0.3 is 23.6 Å². The number of aromatic amines is 1. The van der Waals surface area contributed by atoms with Gasteiger partial charge in [-0.3, -0.25) is 0 Å². The van der Waals surface area contributed by atoms with Crippen LogP contribution in [0.4, 0.5) is 5.82 Å². The van der Waals surface area contributed by atoms with Crippen LogP contribution < -0.4 is 22.5 Å². The van der Waals surface area contributed by atoms with E-state index in [1.807, 2.05) is 18.2 Å². The number of hydrogen-bond acceptors (Lipinski definition) is 2. The van der Waals surface area contributed by atoms with Crippen LogP contribution in [0.5, 0.6) is 0 Å². The van der Waals surface area contributed by atoms with Gasteiger partial charge in [0.25, 0.3) is 11.3 Å². The third-order valence-corrected chi connectivity index (χ3v) is 2.50. The molecule has 0 saturated heterocycles. The van der Waals surface area contributed by atoms with E-state index >= 15 is 0 Å². The van der Waals surface area contributed by atoms with E-state index < -0.39 is 0 Å². The molecule has 0 saturated carbocycles. The number of imidazole rings is 1. The summed E-state index contributed by atoms with van der Waals surface area (Å²) in [6.07, 6.45) is 2.08. The molecule has 0 spiro atoms. The Kier molecular flexibility index (Phi) is 3.55. The predicted molar refractivity (Wildman–Crippen MR) is 62.0 cm³/mol. The number of nitrogens with two attached hydrogens (primary N) is 1.